The van der Waals surface area contributed by atoms with Gasteiger partial charge >= 0.3 is 0 Å². The van der Waals surface area contributed by atoms with E-state index in [0.29, 0.717) is 51.9 Å². The second-order valence-corrected chi connectivity index (χ2v) is 9.40. The highest BCUT2D eigenvalue weighted by atomic mass is 32.1. The van der Waals surface area contributed by atoms with E-state index in [1.807, 2.05) is 25.1 Å². The predicted molar refractivity (Wildman–Crippen MR) is 131 cm³/mol. The van der Waals surface area contributed by atoms with Crippen molar-refractivity contribution in [3.63, 3.8) is 0 Å². The molecule has 1 N–H and O–H groups in total. The van der Waals surface area contributed by atoms with Crippen LogP contribution in [-0.4, -0.2) is 29.2 Å². The summed E-state index contributed by atoms with van der Waals surface area (Å²) in [4.78, 5) is 32.1. The quantitative estimate of drug-likeness (QED) is 0.487. The number of carbonyl (C=O) groups excluding carboxylic acids is 1. The van der Waals surface area contributed by atoms with E-state index < -0.39 is 0 Å². The number of fused-ring (bicyclic) bond motifs is 2. The van der Waals surface area contributed by atoms with Crippen LogP contribution in [0.2, 0.25) is 0 Å². The summed E-state index contributed by atoms with van der Waals surface area (Å²) in [6.45, 7) is 5.65. The van der Waals surface area contributed by atoms with Crippen LogP contribution in [0.1, 0.15) is 65.7 Å². The van der Waals surface area contributed by atoms with Crippen molar-refractivity contribution in [1.29, 1.82) is 0 Å². The maximum Gasteiger partial charge on any atom is 0.262 e. The second kappa shape index (κ2) is 10.4. The molecule has 0 saturated heterocycles. The Bertz CT molecular complexity index is 1210. The summed E-state index contributed by atoms with van der Waals surface area (Å²) in [5.41, 5.74) is 1.60. The Morgan fingerprint density at radius 2 is 2.09 bits per heavy atom. The molecule has 0 radical (unpaired) electrons. The van der Waals surface area contributed by atoms with Crippen molar-refractivity contribution in [2.24, 2.45) is 0 Å². The fourth-order valence-electron chi connectivity index (χ4n) is 4.16. The Hall–Kier alpha value is -2.87. The van der Waals surface area contributed by atoms with E-state index in [1.54, 1.807) is 11.7 Å². The van der Waals surface area contributed by atoms with Gasteiger partial charge in [0, 0.05) is 19.5 Å². The van der Waals surface area contributed by atoms with Gasteiger partial charge in [-0.2, -0.15) is 0 Å². The predicted octanol–water partition coefficient (Wildman–Crippen LogP) is 4.61. The molecule has 7 nitrogen and oxygen atoms in total. The first kappa shape index (κ1) is 23.3. The van der Waals surface area contributed by atoms with E-state index in [4.69, 9.17) is 14.5 Å². The molecule has 0 spiro atoms. The van der Waals surface area contributed by atoms with Crippen molar-refractivity contribution in [1.82, 2.24) is 14.9 Å². The van der Waals surface area contributed by atoms with Crippen LogP contribution in [0.25, 0.3) is 10.2 Å². The number of rotatable bonds is 8. The van der Waals surface area contributed by atoms with Crippen LogP contribution >= 0.6 is 11.3 Å². The van der Waals surface area contributed by atoms with Gasteiger partial charge in [0.05, 0.1) is 24.0 Å². The number of unbranched alkanes of at least 4 members (excludes halogenated alkanes) is 1. The lowest BCUT2D eigenvalue weighted by atomic mass is 10.1. The Kier molecular flexibility index (Phi) is 7.33. The Morgan fingerprint density at radius 1 is 1.24 bits per heavy atom. The van der Waals surface area contributed by atoms with Crippen molar-refractivity contribution in [2.75, 3.05) is 13.7 Å². The molecule has 1 aromatic carbocycles. The van der Waals surface area contributed by atoms with E-state index in [2.05, 4.69) is 12.2 Å². The van der Waals surface area contributed by atoms with Gasteiger partial charge in [-0.15, -0.1) is 11.3 Å². The number of amides is 1. The van der Waals surface area contributed by atoms with E-state index in [9.17, 15) is 9.59 Å². The molecule has 0 saturated carbocycles. The smallest absolute Gasteiger partial charge is 0.262 e. The van der Waals surface area contributed by atoms with Gasteiger partial charge in [-0.25, -0.2) is 4.98 Å². The van der Waals surface area contributed by atoms with Crippen molar-refractivity contribution in [2.45, 2.75) is 65.5 Å². The second-order valence-electron chi connectivity index (χ2n) is 8.40. The number of aromatic nitrogens is 2. The van der Waals surface area contributed by atoms with Gasteiger partial charge in [-0.05, 0) is 49.4 Å². The molecule has 0 unspecified atom stereocenters. The molecular formula is C25H31N3O4S. The van der Waals surface area contributed by atoms with Crippen LogP contribution in [0.5, 0.6) is 11.5 Å². The number of nitrogens with one attached hydrogen (secondary N) is 1. The number of carbonyl (C=O) groups is 1. The number of nitrogens with zero attached hydrogens (tertiary/aromatic N) is 2. The number of thiophene rings is 1. The zero-order valence-corrected chi connectivity index (χ0v) is 20.3. The van der Waals surface area contributed by atoms with Crippen LogP contribution in [-0.2, 0) is 19.5 Å². The number of ether oxygens (including phenoxy) is 2. The molecule has 8 heteroatoms. The summed E-state index contributed by atoms with van der Waals surface area (Å²) in [5.74, 6) is 1.99. The minimum Gasteiger partial charge on any atom is -0.493 e. The first-order valence-corrected chi connectivity index (χ1v) is 12.5. The summed E-state index contributed by atoms with van der Waals surface area (Å²) in [5, 5.41) is 3.55. The molecule has 33 heavy (non-hydrogen) atoms. The molecule has 1 amide bonds. The summed E-state index contributed by atoms with van der Waals surface area (Å²) in [6, 6.07) is 5.68. The summed E-state index contributed by atoms with van der Waals surface area (Å²) in [6.07, 6.45) is 6.00. The fourth-order valence-corrected chi connectivity index (χ4v) is 5.26. The number of aryl methyl sites for hydroxylation is 2. The minimum absolute atomic E-state index is 0.0203. The highest BCUT2D eigenvalue weighted by Crippen LogP contribution is 2.30. The van der Waals surface area contributed by atoms with Crippen LogP contribution in [0.4, 0.5) is 0 Å². The van der Waals surface area contributed by atoms with Crippen molar-refractivity contribution in [3.8, 4) is 11.5 Å². The van der Waals surface area contributed by atoms with Gasteiger partial charge in [0.1, 0.15) is 10.7 Å². The van der Waals surface area contributed by atoms with Gasteiger partial charge < -0.3 is 14.8 Å². The molecule has 1 aliphatic heterocycles. The van der Waals surface area contributed by atoms with E-state index in [0.717, 1.165) is 49.9 Å². The zero-order chi connectivity index (χ0) is 23.4. The normalized spacial score (nSPS) is 13.4. The van der Waals surface area contributed by atoms with E-state index in [1.165, 1.54) is 11.3 Å². The monoisotopic (exact) mass is 469 g/mol. The largest absolute Gasteiger partial charge is 0.493 e. The van der Waals surface area contributed by atoms with E-state index in [-0.39, 0.29) is 11.5 Å². The van der Waals surface area contributed by atoms with Gasteiger partial charge in [0.2, 0.25) is 0 Å². The average molecular weight is 470 g/mol. The molecule has 0 aliphatic carbocycles. The zero-order valence-electron chi connectivity index (χ0n) is 19.5. The standard InChI is InChI=1S/C25H31N3O4S/c1-4-5-13-32-18-11-10-17(14-19(18)31-3)15-26-23(29)22-16(2)21-24(33-22)27-20-9-7-6-8-12-28(20)25(21)30/h10-11,14H,4-9,12-13,15H2,1-3H3,(H,26,29). The molecule has 3 aromatic rings. The Labute approximate surface area is 197 Å². The molecule has 0 fully saturated rings. The topological polar surface area (TPSA) is 82.5 Å². The number of methoxy groups -OCH3 is 1. The first-order chi connectivity index (χ1) is 16.0. The maximum atomic E-state index is 13.1. The molecule has 3 heterocycles. The molecule has 176 valence electrons. The van der Waals surface area contributed by atoms with Crippen LogP contribution in [0.15, 0.2) is 23.0 Å². The van der Waals surface area contributed by atoms with Crippen molar-refractivity contribution < 1.29 is 14.3 Å². The van der Waals surface area contributed by atoms with Crippen LogP contribution in [0.3, 0.4) is 0 Å². The lowest BCUT2D eigenvalue weighted by molar-refractivity contribution is 0.0954. The third kappa shape index (κ3) is 4.90. The van der Waals surface area contributed by atoms with E-state index >= 15 is 0 Å². The average Bonchev–Trinajstić information content (AvgIpc) is 2.98. The van der Waals surface area contributed by atoms with Gasteiger partial charge in [-0.3, -0.25) is 14.2 Å². The minimum atomic E-state index is -0.197. The Balaban J connectivity index is 1.52. The summed E-state index contributed by atoms with van der Waals surface area (Å²) < 4.78 is 13.0. The molecule has 1 aliphatic rings. The number of benzene rings is 1. The van der Waals surface area contributed by atoms with Gasteiger partial charge in [0.15, 0.2) is 11.5 Å². The number of hydrogen-bond acceptors (Lipinski definition) is 6. The lowest BCUT2D eigenvalue weighted by Crippen LogP contribution is -2.25. The van der Waals surface area contributed by atoms with Gasteiger partial charge in [0.25, 0.3) is 11.5 Å². The summed E-state index contributed by atoms with van der Waals surface area (Å²) >= 11 is 1.30. The Morgan fingerprint density at radius 3 is 2.88 bits per heavy atom. The first-order valence-electron chi connectivity index (χ1n) is 11.6. The van der Waals surface area contributed by atoms with Gasteiger partial charge in [-0.1, -0.05) is 25.8 Å². The highest BCUT2D eigenvalue weighted by molar-refractivity contribution is 7.20. The van der Waals surface area contributed by atoms with Crippen LogP contribution in [0, 0.1) is 6.92 Å². The molecule has 0 atom stereocenters. The third-order valence-corrected chi connectivity index (χ3v) is 7.24. The third-order valence-electron chi connectivity index (χ3n) is 6.05. The van der Waals surface area contributed by atoms with Crippen LogP contribution < -0.4 is 20.3 Å². The van der Waals surface area contributed by atoms with Crippen molar-refractivity contribution in [3.05, 3.63) is 50.4 Å². The maximum absolute atomic E-state index is 13.1. The SMILES string of the molecule is CCCCOc1ccc(CNC(=O)c2sc3nc4n(c(=O)c3c2C)CCCCC4)cc1OC. The number of hydrogen-bond donors (Lipinski definition) is 1. The molecule has 0 bridgehead atoms. The molecule has 4 rings (SSSR count). The van der Waals surface area contributed by atoms with Crippen molar-refractivity contribution >= 4 is 27.5 Å². The highest BCUT2D eigenvalue weighted by Gasteiger charge is 2.22. The summed E-state index contributed by atoms with van der Waals surface area (Å²) in [7, 11) is 1.61. The fraction of sp³-hybridized carbons (Fsp3) is 0.480. The lowest BCUT2D eigenvalue weighted by Gasteiger charge is -2.12. The molecular weight excluding hydrogens is 438 g/mol. The molecule has 2 aromatic heterocycles.